The molecule has 2 saturated heterocycles. The second kappa shape index (κ2) is 8.72. The number of aryl methyl sites for hydroxylation is 1. The van der Waals surface area contributed by atoms with Gasteiger partial charge in [-0.2, -0.15) is 13.2 Å². The quantitative estimate of drug-likeness (QED) is 0.789. The lowest BCUT2D eigenvalue weighted by Crippen LogP contribution is -2.65. The number of nitrogens with one attached hydrogen (secondary N) is 1. The molecule has 1 amide bonds. The Bertz CT molecular complexity index is 691. The van der Waals surface area contributed by atoms with Gasteiger partial charge in [-0.25, -0.2) is 14.8 Å². The molecule has 0 aromatic carbocycles. The summed E-state index contributed by atoms with van der Waals surface area (Å²) < 4.78 is 37.7. The van der Waals surface area contributed by atoms with Crippen LogP contribution in [0.15, 0.2) is 12.4 Å². The van der Waals surface area contributed by atoms with E-state index in [1.807, 2.05) is 24.2 Å². The fourth-order valence-corrected chi connectivity index (χ4v) is 3.21. The van der Waals surface area contributed by atoms with Crippen molar-refractivity contribution in [3.63, 3.8) is 0 Å². The second-order valence-corrected chi connectivity index (χ2v) is 6.88. The molecule has 2 aliphatic rings. The van der Waals surface area contributed by atoms with Gasteiger partial charge >= 0.3 is 12.1 Å². The Morgan fingerprint density at radius 3 is 2.43 bits per heavy atom. The number of amides is 1. The Morgan fingerprint density at radius 1 is 1.36 bits per heavy atom. The number of likely N-dealkylation sites (tertiary alicyclic amines) is 1. The van der Waals surface area contributed by atoms with Crippen LogP contribution < -0.4 is 5.32 Å². The zero-order chi connectivity index (χ0) is 20.9. The zero-order valence-electron chi connectivity index (χ0n) is 15.6. The number of rotatable bonds is 4. The normalized spacial score (nSPS) is 20.2. The first kappa shape index (κ1) is 21.9. The molecule has 28 heavy (non-hydrogen) atoms. The molecular formula is C17H23F3N4O4. The molecule has 2 N–H and O–H groups in total. The number of carbonyl (C=O) groups is 2. The Balaban J connectivity index is 0.000000345. The van der Waals surface area contributed by atoms with Crippen molar-refractivity contribution in [2.24, 2.45) is 5.92 Å². The van der Waals surface area contributed by atoms with Crippen molar-refractivity contribution in [2.75, 3.05) is 31.6 Å². The highest BCUT2D eigenvalue weighted by molar-refractivity contribution is 5.74. The maximum atomic E-state index is 11.3. The van der Waals surface area contributed by atoms with E-state index in [9.17, 15) is 18.0 Å². The standard InChI is InChI=1S/C15H22N4O2.C2HF3O2/c1-11-7-17-14(18-8-11)16-5-3-13-4-6-21-15(13)9-19(10-15)12(2)20;3-2(4,5)1(6)7/h7-8,13H,3-6,9-10H2,1-2H3,(H,16,17,18);(H,6,7). The Kier molecular flexibility index (Phi) is 6.81. The summed E-state index contributed by atoms with van der Waals surface area (Å²) in [7, 11) is 0. The fraction of sp³-hybridized carbons (Fsp3) is 0.647. The third-order valence-electron chi connectivity index (χ3n) is 4.76. The van der Waals surface area contributed by atoms with Gasteiger partial charge in [0.15, 0.2) is 0 Å². The summed E-state index contributed by atoms with van der Waals surface area (Å²) >= 11 is 0. The topological polar surface area (TPSA) is 105 Å². The molecule has 2 fully saturated rings. The third kappa shape index (κ3) is 5.54. The van der Waals surface area contributed by atoms with Crippen LogP contribution in [-0.4, -0.2) is 69.9 Å². The number of ether oxygens (including phenoxy) is 1. The minimum atomic E-state index is -5.08. The summed E-state index contributed by atoms with van der Waals surface area (Å²) in [6, 6.07) is 0. The highest BCUT2D eigenvalue weighted by Gasteiger charge is 2.53. The van der Waals surface area contributed by atoms with Gasteiger partial charge in [0.05, 0.1) is 13.1 Å². The Hall–Kier alpha value is -2.43. The molecule has 0 aliphatic carbocycles. The SMILES string of the molecule is CC(=O)N1CC2(C1)OCCC2CCNc1ncc(C)cn1.O=C(O)C(F)(F)F. The van der Waals surface area contributed by atoms with Crippen LogP contribution in [0.2, 0.25) is 0 Å². The Morgan fingerprint density at radius 2 is 1.93 bits per heavy atom. The molecule has 8 nitrogen and oxygen atoms in total. The number of carboxylic acids is 1. The number of aliphatic carboxylic acids is 1. The lowest BCUT2D eigenvalue weighted by Gasteiger charge is -2.50. The summed E-state index contributed by atoms with van der Waals surface area (Å²) in [6.45, 7) is 6.71. The molecule has 1 aromatic rings. The van der Waals surface area contributed by atoms with E-state index in [1.165, 1.54) is 0 Å². The van der Waals surface area contributed by atoms with Crippen LogP contribution in [0.25, 0.3) is 0 Å². The Labute approximate surface area is 160 Å². The second-order valence-electron chi connectivity index (χ2n) is 6.88. The molecule has 0 radical (unpaired) electrons. The number of hydrogen-bond acceptors (Lipinski definition) is 6. The fourth-order valence-electron chi connectivity index (χ4n) is 3.21. The summed E-state index contributed by atoms with van der Waals surface area (Å²) in [5, 5.41) is 10.4. The first-order valence-corrected chi connectivity index (χ1v) is 8.75. The number of hydrogen-bond donors (Lipinski definition) is 2. The van der Waals surface area contributed by atoms with Crippen molar-refractivity contribution in [1.29, 1.82) is 0 Å². The lowest BCUT2D eigenvalue weighted by atomic mass is 9.79. The molecule has 1 atom stereocenters. The highest BCUT2D eigenvalue weighted by Crippen LogP contribution is 2.41. The molecule has 2 aliphatic heterocycles. The van der Waals surface area contributed by atoms with Crippen molar-refractivity contribution in [2.45, 2.75) is 38.5 Å². The first-order chi connectivity index (χ1) is 13.0. The van der Waals surface area contributed by atoms with Gasteiger partial charge in [0, 0.05) is 32.5 Å². The van der Waals surface area contributed by atoms with Crippen LogP contribution in [0.5, 0.6) is 0 Å². The number of aromatic nitrogens is 2. The van der Waals surface area contributed by atoms with E-state index in [0.29, 0.717) is 11.9 Å². The molecule has 3 heterocycles. The van der Waals surface area contributed by atoms with Gasteiger partial charge in [-0.05, 0) is 31.2 Å². The number of halogens is 3. The van der Waals surface area contributed by atoms with E-state index in [4.69, 9.17) is 14.6 Å². The van der Waals surface area contributed by atoms with Gasteiger partial charge in [0.25, 0.3) is 0 Å². The molecule has 156 valence electrons. The van der Waals surface area contributed by atoms with E-state index < -0.39 is 12.1 Å². The smallest absolute Gasteiger partial charge is 0.475 e. The van der Waals surface area contributed by atoms with Crippen LogP contribution in [0.4, 0.5) is 19.1 Å². The van der Waals surface area contributed by atoms with Gasteiger partial charge in [-0.3, -0.25) is 4.79 Å². The van der Waals surface area contributed by atoms with Gasteiger partial charge in [0.1, 0.15) is 5.60 Å². The predicted molar refractivity (Wildman–Crippen MR) is 92.6 cm³/mol. The summed E-state index contributed by atoms with van der Waals surface area (Å²) in [6.07, 6.45) is 0.628. The van der Waals surface area contributed by atoms with Crippen molar-refractivity contribution in [3.05, 3.63) is 18.0 Å². The maximum absolute atomic E-state index is 11.3. The van der Waals surface area contributed by atoms with Crippen LogP contribution in [0.3, 0.4) is 0 Å². The third-order valence-corrected chi connectivity index (χ3v) is 4.76. The number of nitrogens with zero attached hydrogens (tertiary/aromatic N) is 3. The summed E-state index contributed by atoms with van der Waals surface area (Å²) in [5.41, 5.74) is 0.962. The van der Waals surface area contributed by atoms with Gasteiger partial charge in [-0.1, -0.05) is 0 Å². The zero-order valence-corrected chi connectivity index (χ0v) is 15.6. The summed E-state index contributed by atoms with van der Waals surface area (Å²) in [5.74, 6) is -1.44. The molecule has 3 rings (SSSR count). The van der Waals surface area contributed by atoms with Crippen LogP contribution in [0.1, 0.15) is 25.3 Å². The molecule has 0 bridgehead atoms. The van der Waals surface area contributed by atoms with E-state index in [-0.39, 0.29) is 11.5 Å². The average molecular weight is 404 g/mol. The minimum absolute atomic E-state index is 0.0958. The van der Waals surface area contributed by atoms with Crippen LogP contribution >= 0.6 is 0 Å². The van der Waals surface area contributed by atoms with E-state index in [1.54, 1.807) is 6.92 Å². The van der Waals surface area contributed by atoms with E-state index in [0.717, 1.165) is 44.6 Å². The molecule has 1 aromatic heterocycles. The van der Waals surface area contributed by atoms with Crippen molar-refractivity contribution in [3.8, 4) is 0 Å². The lowest BCUT2D eigenvalue weighted by molar-refractivity contribution is -0.192. The average Bonchev–Trinajstić information content (AvgIpc) is 2.99. The molecule has 11 heteroatoms. The molecule has 0 saturated carbocycles. The largest absolute Gasteiger partial charge is 0.490 e. The van der Waals surface area contributed by atoms with Crippen LogP contribution in [-0.2, 0) is 14.3 Å². The van der Waals surface area contributed by atoms with E-state index >= 15 is 0 Å². The number of alkyl halides is 3. The molecular weight excluding hydrogens is 381 g/mol. The van der Waals surface area contributed by atoms with Gasteiger partial charge in [-0.15, -0.1) is 0 Å². The van der Waals surface area contributed by atoms with Gasteiger partial charge in [0.2, 0.25) is 11.9 Å². The van der Waals surface area contributed by atoms with Crippen molar-refractivity contribution >= 4 is 17.8 Å². The van der Waals surface area contributed by atoms with Crippen LogP contribution in [0, 0.1) is 12.8 Å². The predicted octanol–water partition coefficient (Wildman–Crippen LogP) is 1.86. The number of carboxylic acid groups (broad SMARTS) is 1. The maximum Gasteiger partial charge on any atom is 0.490 e. The monoisotopic (exact) mass is 404 g/mol. The first-order valence-electron chi connectivity index (χ1n) is 8.75. The van der Waals surface area contributed by atoms with E-state index in [2.05, 4.69) is 15.3 Å². The summed E-state index contributed by atoms with van der Waals surface area (Å²) in [4.78, 5) is 30.6. The molecule has 1 spiro atoms. The number of anilines is 1. The van der Waals surface area contributed by atoms with Crippen molar-refractivity contribution < 1.29 is 32.6 Å². The van der Waals surface area contributed by atoms with Crippen molar-refractivity contribution in [1.82, 2.24) is 14.9 Å². The highest BCUT2D eigenvalue weighted by atomic mass is 19.4. The molecule has 1 unspecified atom stereocenters. The minimum Gasteiger partial charge on any atom is -0.475 e. The van der Waals surface area contributed by atoms with Gasteiger partial charge < -0.3 is 20.1 Å². The number of carbonyl (C=O) groups excluding carboxylic acids is 1.